The highest BCUT2D eigenvalue weighted by Gasteiger charge is 2.18. The van der Waals surface area contributed by atoms with E-state index in [1.807, 2.05) is 0 Å². The van der Waals surface area contributed by atoms with Crippen LogP contribution in [0.15, 0.2) is 0 Å². The summed E-state index contributed by atoms with van der Waals surface area (Å²) < 4.78 is 21.2. The maximum absolute atomic E-state index is 10.7. The molecule has 0 aromatic rings. The summed E-state index contributed by atoms with van der Waals surface area (Å²) in [5.74, 6) is 1.20. The molecule has 0 amide bonds. The molecule has 194 valence electrons. The molecule has 0 fully saturated rings. The van der Waals surface area contributed by atoms with Gasteiger partial charge >= 0.3 is 7.82 Å². The zero-order valence-electron chi connectivity index (χ0n) is 21.3. The van der Waals surface area contributed by atoms with Crippen molar-refractivity contribution in [2.75, 3.05) is 19.0 Å². The van der Waals surface area contributed by atoms with Crippen LogP contribution in [0, 0.1) is 0 Å². The Kier molecular flexibility index (Phi) is 23.5. The van der Waals surface area contributed by atoms with Gasteiger partial charge in [0.2, 0.25) is 0 Å². The number of ether oxygens (including phenoxy) is 1. The fraction of sp³-hybridized carbons (Fsp3) is 1.00. The van der Waals surface area contributed by atoms with Crippen LogP contribution in [-0.4, -0.2) is 40.1 Å². The normalized spacial score (nSPS) is 14.0. The van der Waals surface area contributed by atoms with Crippen molar-refractivity contribution in [3.05, 3.63) is 0 Å². The molecule has 0 aliphatic rings. The summed E-state index contributed by atoms with van der Waals surface area (Å²) in [4.78, 5) is 17.5. The molecule has 2 unspecified atom stereocenters. The number of rotatable bonds is 25. The third-order valence-corrected chi connectivity index (χ3v) is 7.96. The molecule has 32 heavy (non-hydrogen) atoms. The van der Waals surface area contributed by atoms with Gasteiger partial charge in [-0.05, 0) is 31.9 Å². The van der Waals surface area contributed by atoms with E-state index < -0.39 is 7.82 Å². The Morgan fingerprint density at radius 1 is 0.719 bits per heavy atom. The molecular weight excluding hydrogens is 443 g/mol. The van der Waals surface area contributed by atoms with Crippen LogP contribution in [0.2, 0.25) is 0 Å². The van der Waals surface area contributed by atoms with Gasteiger partial charge in [0.15, 0.2) is 0 Å². The largest absolute Gasteiger partial charge is 0.469 e. The van der Waals surface area contributed by atoms with Crippen molar-refractivity contribution in [2.45, 2.75) is 141 Å². The number of hydrogen-bond donors (Lipinski definition) is 2. The highest BCUT2D eigenvalue weighted by molar-refractivity contribution is 7.99. The van der Waals surface area contributed by atoms with Crippen LogP contribution >= 0.6 is 19.6 Å². The Morgan fingerprint density at radius 3 is 1.75 bits per heavy atom. The molecule has 0 spiro atoms. The first-order chi connectivity index (χ1) is 15.4. The lowest BCUT2D eigenvalue weighted by Gasteiger charge is -2.24. The molecule has 0 saturated heterocycles. The van der Waals surface area contributed by atoms with Crippen LogP contribution in [0.1, 0.15) is 130 Å². The molecule has 5 nitrogen and oxygen atoms in total. The first kappa shape index (κ1) is 32.4. The van der Waals surface area contributed by atoms with E-state index in [1.165, 1.54) is 108 Å². The molecule has 2 atom stereocenters. The SMILES string of the molecule is CCCCCCCCCCCCSC(CCCCCCC)C(C)OCCCOP(=O)(O)O. The van der Waals surface area contributed by atoms with Crippen LogP contribution in [0.4, 0.5) is 0 Å². The minimum Gasteiger partial charge on any atom is -0.377 e. The zero-order valence-corrected chi connectivity index (χ0v) is 23.0. The van der Waals surface area contributed by atoms with E-state index in [0.717, 1.165) is 0 Å². The van der Waals surface area contributed by atoms with E-state index in [0.29, 0.717) is 18.3 Å². The predicted octanol–water partition coefficient (Wildman–Crippen LogP) is 8.27. The summed E-state index contributed by atoms with van der Waals surface area (Å²) >= 11 is 2.06. The number of unbranched alkanes of at least 4 members (excludes halogenated alkanes) is 13. The second-order valence-corrected chi connectivity index (χ2v) is 11.6. The van der Waals surface area contributed by atoms with Gasteiger partial charge in [-0.1, -0.05) is 104 Å². The monoisotopic (exact) mass is 496 g/mol. The second kappa shape index (κ2) is 23.2. The first-order valence-electron chi connectivity index (χ1n) is 13.3. The number of thioether (sulfide) groups is 1. The van der Waals surface area contributed by atoms with Gasteiger partial charge in [0.05, 0.1) is 12.7 Å². The van der Waals surface area contributed by atoms with E-state index in [1.54, 1.807) is 0 Å². The van der Waals surface area contributed by atoms with Gasteiger partial charge < -0.3 is 14.5 Å². The summed E-state index contributed by atoms with van der Waals surface area (Å²) in [6, 6.07) is 0. The molecule has 0 aliphatic carbocycles. The smallest absolute Gasteiger partial charge is 0.377 e. The number of hydrogen-bond acceptors (Lipinski definition) is 4. The van der Waals surface area contributed by atoms with Crippen molar-refractivity contribution >= 4 is 19.6 Å². The van der Waals surface area contributed by atoms with Crippen molar-refractivity contribution in [1.82, 2.24) is 0 Å². The minimum atomic E-state index is -4.37. The van der Waals surface area contributed by atoms with Crippen molar-refractivity contribution in [2.24, 2.45) is 0 Å². The fourth-order valence-corrected chi connectivity index (χ4v) is 5.57. The highest BCUT2D eigenvalue weighted by Crippen LogP contribution is 2.35. The van der Waals surface area contributed by atoms with E-state index in [-0.39, 0.29) is 12.7 Å². The van der Waals surface area contributed by atoms with E-state index in [4.69, 9.17) is 14.5 Å². The van der Waals surface area contributed by atoms with Gasteiger partial charge in [0, 0.05) is 11.9 Å². The summed E-state index contributed by atoms with van der Waals surface area (Å²) in [5, 5.41) is 0.498. The van der Waals surface area contributed by atoms with Crippen molar-refractivity contribution < 1.29 is 23.6 Å². The molecule has 0 aromatic heterocycles. The second-order valence-electron chi connectivity index (χ2n) is 9.05. The van der Waals surface area contributed by atoms with Gasteiger partial charge in [-0.25, -0.2) is 4.57 Å². The molecule has 0 aliphatic heterocycles. The van der Waals surface area contributed by atoms with E-state index >= 15 is 0 Å². The van der Waals surface area contributed by atoms with Crippen LogP contribution in [0.3, 0.4) is 0 Å². The predicted molar refractivity (Wildman–Crippen MR) is 139 cm³/mol. The van der Waals surface area contributed by atoms with E-state index in [2.05, 4.69) is 37.1 Å². The quantitative estimate of drug-likeness (QED) is 0.0978. The molecule has 7 heteroatoms. The first-order valence-corrected chi connectivity index (χ1v) is 15.9. The third kappa shape index (κ3) is 23.6. The molecule has 0 aromatic carbocycles. The lowest BCUT2D eigenvalue weighted by Crippen LogP contribution is -2.24. The van der Waals surface area contributed by atoms with Gasteiger partial charge in [0.1, 0.15) is 0 Å². The topological polar surface area (TPSA) is 76.0 Å². The van der Waals surface area contributed by atoms with Crippen molar-refractivity contribution in [3.63, 3.8) is 0 Å². The maximum atomic E-state index is 10.7. The number of phosphoric acid groups is 1. The summed E-state index contributed by atoms with van der Waals surface area (Å²) in [5.41, 5.74) is 0. The van der Waals surface area contributed by atoms with Crippen molar-refractivity contribution in [3.8, 4) is 0 Å². The fourth-order valence-electron chi connectivity index (χ4n) is 3.85. The average molecular weight is 497 g/mol. The Labute approximate surface area is 203 Å². The Balaban J connectivity index is 4.00. The average Bonchev–Trinajstić information content (AvgIpc) is 2.74. The zero-order chi connectivity index (χ0) is 23.9. The van der Waals surface area contributed by atoms with Crippen molar-refractivity contribution in [1.29, 1.82) is 0 Å². The molecule has 0 bridgehead atoms. The summed E-state index contributed by atoms with van der Waals surface area (Å²) in [6.07, 6.45) is 22.0. The Hall–Kier alpha value is 0.420. The molecule has 0 saturated carbocycles. The van der Waals surface area contributed by atoms with Gasteiger partial charge in [-0.15, -0.1) is 0 Å². The molecule has 0 radical (unpaired) electrons. The lowest BCUT2D eigenvalue weighted by molar-refractivity contribution is 0.0521. The molecule has 0 heterocycles. The Bertz CT molecular complexity index is 433. The highest BCUT2D eigenvalue weighted by atomic mass is 32.2. The van der Waals surface area contributed by atoms with Crippen LogP contribution in [0.5, 0.6) is 0 Å². The molecule has 2 N–H and O–H groups in total. The van der Waals surface area contributed by atoms with Crippen LogP contribution in [-0.2, 0) is 13.8 Å². The molecule has 0 rings (SSSR count). The standard InChI is InChI=1S/C25H53O5PS/c1-4-6-8-10-11-12-13-14-16-18-23-32-25(20-17-15-9-7-5-2)24(3)29-21-19-22-30-31(26,27)28/h24-25H,4-23H2,1-3H3,(H2,26,27,28). The lowest BCUT2D eigenvalue weighted by atomic mass is 10.1. The van der Waals surface area contributed by atoms with E-state index in [9.17, 15) is 4.57 Å². The van der Waals surface area contributed by atoms with Gasteiger partial charge in [-0.2, -0.15) is 11.8 Å². The summed E-state index contributed by atoms with van der Waals surface area (Å²) in [6.45, 7) is 7.17. The molecular formula is C25H53O5PS. The van der Waals surface area contributed by atoms with Gasteiger partial charge in [-0.3, -0.25) is 4.52 Å². The van der Waals surface area contributed by atoms with Crippen LogP contribution in [0.25, 0.3) is 0 Å². The number of phosphoric ester groups is 1. The Morgan fingerprint density at radius 2 is 1.22 bits per heavy atom. The van der Waals surface area contributed by atoms with Gasteiger partial charge in [0.25, 0.3) is 0 Å². The third-order valence-electron chi connectivity index (χ3n) is 5.87. The minimum absolute atomic E-state index is 0.0322. The van der Waals surface area contributed by atoms with Crippen LogP contribution < -0.4 is 0 Å². The summed E-state index contributed by atoms with van der Waals surface area (Å²) in [7, 11) is -4.37. The maximum Gasteiger partial charge on any atom is 0.469 e.